The number of allylic oxidation sites excluding steroid dienone is 10. The summed E-state index contributed by atoms with van der Waals surface area (Å²) in [6.45, 7) is 4.73. The van der Waals surface area contributed by atoms with Gasteiger partial charge in [-0.05, 0) is 51.4 Å². The monoisotopic (exact) mass is 1120 g/mol. The summed E-state index contributed by atoms with van der Waals surface area (Å²) in [7, 11) is 5.95. The summed E-state index contributed by atoms with van der Waals surface area (Å²) in [5.41, 5.74) is 0. The molecule has 0 amide bonds. The van der Waals surface area contributed by atoms with Crippen molar-refractivity contribution >= 4 is 17.9 Å². The van der Waals surface area contributed by atoms with E-state index in [1.807, 2.05) is 21.1 Å². The Morgan fingerprint density at radius 1 is 0.388 bits per heavy atom. The van der Waals surface area contributed by atoms with Gasteiger partial charge in [0.15, 0.2) is 6.10 Å². The molecule has 0 aromatic carbocycles. The summed E-state index contributed by atoms with van der Waals surface area (Å²) in [5.74, 6) is -2.07. The summed E-state index contributed by atoms with van der Waals surface area (Å²) in [6.07, 6.45) is 78.1. The van der Waals surface area contributed by atoms with Gasteiger partial charge in [-0.3, -0.25) is 9.59 Å². The first kappa shape index (κ1) is 77.0. The number of hydrogen-bond acceptors (Lipinski definition) is 7. The van der Waals surface area contributed by atoms with Crippen LogP contribution in [0.4, 0.5) is 0 Å². The Kier molecular flexibility index (Phi) is 59.7. The van der Waals surface area contributed by atoms with Gasteiger partial charge >= 0.3 is 17.9 Å². The van der Waals surface area contributed by atoms with Gasteiger partial charge in [0.05, 0.1) is 34.4 Å². The van der Waals surface area contributed by atoms with Crippen LogP contribution in [0.3, 0.4) is 0 Å². The summed E-state index contributed by atoms with van der Waals surface area (Å²) >= 11 is 0. The average Bonchev–Trinajstić information content (AvgIpc) is 3.43. The number of ether oxygens (including phenoxy) is 4. The van der Waals surface area contributed by atoms with Crippen LogP contribution in [0.5, 0.6) is 0 Å². The first-order valence-corrected chi connectivity index (χ1v) is 34.0. The van der Waals surface area contributed by atoms with Gasteiger partial charge < -0.3 is 28.5 Å². The minimum atomic E-state index is -1.53. The molecule has 2 unspecified atom stereocenters. The number of carbonyl (C=O) groups is 3. The molecule has 9 nitrogen and oxygen atoms in total. The molecule has 0 radical (unpaired) electrons. The number of nitrogens with zero attached hydrogens (tertiary/aromatic N) is 1. The third-order valence-corrected chi connectivity index (χ3v) is 15.0. The molecule has 0 spiro atoms. The molecular formula is C71H130NO8+. The average molecular weight is 1130 g/mol. The lowest BCUT2D eigenvalue weighted by atomic mass is 10.0. The Balaban J connectivity index is 3.98. The normalized spacial score (nSPS) is 13.1. The zero-order valence-electron chi connectivity index (χ0n) is 53.2. The number of esters is 2. The Labute approximate surface area is 495 Å². The van der Waals surface area contributed by atoms with Crippen molar-refractivity contribution in [3.8, 4) is 0 Å². The molecule has 0 rings (SSSR count). The Morgan fingerprint density at radius 3 is 1.05 bits per heavy atom. The van der Waals surface area contributed by atoms with Crippen molar-refractivity contribution in [2.75, 3.05) is 47.5 Å². The molecule has 0 aromatic rings. The minimum Gasteiger partial charge on any atom is -0.477 e. The summed E-state index contributed by atoms with van der Waals surface area (Å²) < 4.78 is 22.8. The van der Waals surface area contributed by atoms with Crippen LogP contribution in [0.2, 0.25) is 0 Å². The maximum atomic E-state index is 12.8. The van der Waals surface area contributed by atoms with E-state index in [-0.39, 0.29) is 32.2 Å². The first-order chi connectivity index (χ1) is 39.1. The molecule has 80 heavy (non-hydrogen) atoms. The summed E-state index contributed by atoms with van der Waals surface area (Å²) in [6, 6.07) is 0. The highest BCUT2D eigenvalue weighted by atomic mass is 16.7. The second kappa shape index (κ2) is 62.0. The quantitative estimate of drug-likeness (QED) is 0.0211. The van der Waals surface area contributed by atoms with Crippen LogP contribution in [0.25, 0.3) is 0 Å². The van der Waals surface area contributed by atoms with Crippen molar-refractivity contribution in [1.29, 1.82) is 0 Å². The van der Waals surface area contributed by atoms with E-state index in [1.165, 1.54) is 225 Å². The predicted octanol–water partition coefficient (Wildman–Crippen LogP) is 20.7. The number of carbonyl (C=O) groups excluding carboxylic acids is 2. The number of aliphatic carboxylic acids is 1. The van der Waals surface area contributed by atoms with Gasteiger partial charge in [-0.25, -0.2) is 4.79 Å². The molecular weight excluding hydrogens is 995 g/mol. The third kappa shape index (κ3) is 62.6. The van der Waals surface area contributed by atoms with E-state index < -0.39 is 24.3 Å². The predicted molar refractivity (Wildman–Crippen MR) is 341 cm³/mol. The summed E-state index contributed by atoms with van der Waals surface area (Å²) in [5, 5.41) is 9.71. The highest BCUT2D eigenvalue weighted by Gasteiger charge is 2.25. The van der Waals surface area contributed by atoms with Gasteiger partial charge in [-0.15, -0.1) is 0 Å². The van der Waals surface area contributed by atoms with Gasteiger partial charge in [0.1, 0.15) is 13.2 Å². The van der Waals surface area contributed by atoms with Gasteiger partial charge in [0, 0.05) is 12.8 Å². The molecule has 0 heterocycles. The molecule has 0 aliphatic heterocycles. The van der Waals surface area contributed by atoms with Crippen LogP contribution in [0.15, 0.2) is 60.8 Å². The molecule has 0 saturated carbocycles. The molecule has 0 aromatic heterocycles. The van der Waals surface area contributed by atoms with Crippen molar-refractivity contribution in [1.82, 2.24) is 0 Å². The van der Waals surface area contributed by atoms with Crippen LogP contribution in [-0.4, -0.2) is 87.4 Å². The Morgan fingerprint density at radius 2 is 0.713 bits per heavy atom. The first-order valence-electron chi connectivity index (χ1n) is 34.0. The van der Waals surface area contributed by atoms with Crippen molar-refractivity contribution in [3.05, 3.63) is 60.8 Å². The van der Waals surface area contributed by atoms with Gasteiger partial charge in [0.2, 0.25) is 0 Å². The molecule has 2 atom stereocenters. The Bertz CT molecular complexity index is 1500. The lowest BCUT2D eigenvalue weighted by molar-refractivity contribution is -0.870. The van der Waals surface area contributed by atoms with Gasteiger partial charge in [-0.1, -0.05) is 312 Å². The summed E-state index contributed by atoms with van der Waals surface area (Å²) in [4.78, 5) is 37.4. The molecule has 0 aliphatic carbocycles. The number of likely N-dealkylation sites (N-methyl/N-ethyl adjacent to an activating group) is 1. The van der Waals surface area contributed by atoms with Crippen LogP contribution < -0.4 is 0 Å². The number of hydrogen-bond donors (Lipinski definition) is 1. The van der Waals surface area contributed by atoms with Crippen LogP contribution >= 0.6 is 0 Å². The molecule has 0 aliphatic rings. The SMILES string of the molecule is CC/C=C\C/C=C\C/C=C\C/C=C\C/C=C\CCCC(=O)OC(COC(=O)CCCCCCCCCCCCCCCCCCCCCCCCCCCCCCCCCCCCCCCC)COC(OCC[N+](C)(C)C)C(=O)O. The zero-order valence-corrected chi connectivity index (χ0v) is 53.2. The minimum absolute atomic E-state index is 0.176. The lowest BCUT2D eigenvalue weighted by Gasteiger charge is -2.25. The maximum Gasteiger partial charge on any atom is 0.361 e. The van der Waals surface area contributed by atoms with Crippen molar-refractivity contribution in [2.24, 2.45) is 0 Å². The topological polar surface area (TPSA) is 108 Å². The van der Waals surface area contributed by atoms with E-state index >= 15 is 0 Å². The maximum absolute atomic E-state index is 12.8. The number of rotatable bonds is 63. The zero-order chi connectivity index (χ0) is 58.3. The fourth-order valence-electron chi connectivity index (χ4n) is 9.88. The number of carboxylic acid groups (broad SMARTS) is 1. The smallest absolute Gasteiger partial charge is 0.361 e. The third-order valence-electron chi connectivity index (χ3n) is 15.0. The highest BCUT2D eigenvalue weighted by molar-refractivity contribution is 5.71. The number of unbranched alkanes of at least 4 members (excludes halogenated alkanes) is 38. The highest BCUT2D eigenvalue weighted by Crippen LogP contribution is 2.18. The van der Waals surface area contributed by atoms with E-state index in [4.69, 9.17) is 18.9 Å². The van der Waals surface area contributed by atoms with E-state index in [2.05, 4.69) is 74.6 Å². The largest absolute Gasteiger partial charge is 0.477 e. The number of carboxylic acids is 1. The van der Waals surface area contributed by atoms with Crippen molar-refractivity contribution < 1.29 is 42.9 Å². The standard InChI is InChI=1S/C71H129NO8/c1-6-8-10-12-14-16-18-20-22-24-25-26-27-28-29-30-31-32-33-34-35-36-37-38-39-40-41-42-43-44-46-47-49-51-53-55-57-59-61-68(73)78-65-67(66-79-71(70(75)76)77-64-63-72(3,4)5)80-69(74)62-60-58-56-54-52-50-48-45-23-21-19-17-15-13-11-9-7-2/h9,11,15,17,21,23,48,50,54,56,67,71H,6-8,10,12-14,16,18-20,22,24-47,49,51-53,55,57-66H2,1-5H3/p+1/b11-9-,17-15-,23-21-,50-48-,56-54-. The van der Waals surface area contributed by atoms with Crippen LogP contribution in [0.1, 0.15) is 316 Å². The molecule has 466 valence electrons. The van der Waals surface area contributed by atoms with Crippen molar-refractivity contribution in [2.45, 2.75) is 328 Å². The van der Waals surface area contributed by atoms with E-state index in [1.54, 1.807) is 0 Å². The van der Waals surface area contributed by atoms with Crippen molar-refractivity contribution in [3.63, 3.8) is 0 Å². The fourth-order valence-corrected chi connectivity index (χ4v) is 9.88. The van der Waals surface area contributed by atoms with E-state index in [0.29, 0.717) is 23.9 Å². The molecule has 1 N–H and O–H groups in total. The second-order valence-corrected chi connectivity index (χ2v) is 24.1. The fraction of sp³-hybridized carbons (Fsp3) is 0.817. The second-order valence-electron chi connectivity index (χ2n) is 24.1. The van der Waals surface area contributed by atoms with Crippen LogP contribution in [0, 0.1) is 0 Å². The number of quaternary nitrogens is 1. The molecule has 0 bridgehead atoms. The molecule has 0 fully saturated rings. The van der Waals surface area contributed by atoms with E-state index in [0.717, 1.165) is 57.8 Å². The van der Waals surface area contributed by atoms with E-state index in [9.17, 15) is 19.5 Å². The van der Waals surface area contributed by atoms with Gasteiger partial charge in [0.25, 0.3) is 6.29 Å². The molecule has 9 heteroatoms. The van der Waals surface area contributed by atoms with Gasteiger partial charge in [-0.2, -0.15) is 0 Å². The lowest BCUT2D eigenvalue weighted by Crippen LogP contribution is -2.40. The Hall–Kier alpha value is -3.01. The molecule has 0 saturated heterocycles. The van der Waals surface area contributed by atoms with Crippen LogP contribution in [-0.2, 0) is 33.3 Å².